The third-order valence-corrected chi connectivity index (χ3v) is 6.75. The molecule has 1 aliphatic carbocycles. The van der Waals surface area contributed by atoms with E-state index in [1.807, 2.05) is 26.0 Å². The van der Waals surface area contributed by atoms with Gasteiger partial charge in [-0.2, -0.15) is 15.1 Å². The van der Waals surface area contributed by atoms with Gasteiger partial charge >= 0.3 is 6.09 Å². The molecule has 4 heterocycles. The highest BCUT2D eigenvalue weighted by molar-refractivity contribution is 5.67. The van der Waals surface area contributed by atoms with Gasteiger partial charge in [0.1, 0.15) is 11.6 Å². The number of nitrogens with zero attached hydrogens (tertiary/aromatic N) is 6. The molecule has 2 atom stereocenters. The summed E-state index contributed by atoms with van der Waals surface area (Å²) in [7, 11) is 0. The number of hydrogen-bond acceptors (Lipinski definition) is 6. The van der Waals surface area contributed by atoms with Crippen LogP contribution in [0.3, 0.4) is 0 Å². The van der Waals surface area contributed by atoms with Gasteiger partial charge in [-0.15, -0.1) is 0 Å². The molecule has 11 heteroatoms. The first-order valence-electron chi connectivity index (χ1n) is 11.0. The molecule has 0 radical (unpaired) electrons. The van der Waals surface area contributed by atoms with Crippen LogP contribution in [-0.4, -0.2) is 73.0 Å². The van der Waals surface area contributed by atoms with Crippen LogP contribution in [0, 0.1) is 13.8 Å². The molecule has 2 N–H and O–H groups in total. The lowest BCUT2D eigenvalue weighted by atomic mass is 9.92. The van der Waals surface area contributed by atoms with Gasteiger partial charge in [0.2, 0.25) is 5.92 Å². The first-order chi connectivity index (χ1) is 15.2. The van der Waals surface area contributed by atoms with E-state index in [4.69, 9.17) is 4.98 Å². The molecule has 2 aromatic rings. The highest BCUT2D eigenvalue weighted by atomic mass is 19.3. The third kappa shape index (κ3) is 3.84. The molecule has 2 bridgehead atoms. The van der Waals surface area contributed by atoms with Crippen LogP contribution >= 0.6 is 0 Å². The van der Waals surface area contributed by atoms with Crippen LogP contribution in [0.4, 0.5) is 25.2 Å². The fourth-order valence-corrected chi connectivity index (χ4v) is 5.14. The van der Waals surface area contributed by atoms with Crippen molar-refractivity contribution in [3.8, 4) is 5.95 Å². The van der Waals surface area contributed by atoms with Crippen molar-refractivity contribution in [3.63, 3.8) is 0 Å². The molecule has 2 aliphatic heterocycles. The summed E-state index contributed by atoms with van der Waals surface area (Å²) in [5, 5.41) is 17.2. The van der Waals surface area contributed by atoms with Gasteiger partial charge < -0.3 is 20.2 Å². The van der Waals surface area contributed by atoms with Crippen molar-refractivity contribution in [2.75, 3.05) is 23.3 Å². The lowest BCUT2D eigenvalue weighted by Gasteiger charge is -2.34. The summed E-state index contributed by atoms with van der Waals surface area (Å²) in [5.41, 5.74) is 1.74. The Morgan fingerprint density at radius 2 is 1.91 bits per heavy atom. The molecule has 0 spiro atoms. The van der Waals surface area contributed by atoms with Gasteiger partial charge in [0.15, 0.2) is 0 Å². The zero-order valence-corrected chi connectivity index (χ0v) is 18.1. The predicted octanol–water partition coefficient (Wildman–Crippen LogP) is 3.21. The monoisotopic (exact) mass is 447 g/mol. The maximum atomic E-state index is 13.6. The molecule has 5 rings (SSSR count). The zero-order valence-electron chi connectivity index (χ0n) is 18.1. The Morgan fingerprint density at radius 3 is 2.50 bits per heavy atom. The number of alkyl halides is 2. The van der Waals surface area contributed by atoms with Crippen molar-refractivity contribution in [3.05, 3.63) is 23.5 Å². The summed E-state index contributed by atoms with van der Waals surface area (Å²) in [6.07, 6.45) is 0.375. The number of amides is 1. The number of piperazine rings is 1. The third-order valence-electron chi connectivity index (χ3n) is 6.75. The van der Waals surface area contributed by atoms with Crippen LogP contribution < -0.4 is 10.2 Å². The number of fused-ring (bicyclic) bond motifs is 2. The minimum Gasteiger partial charge on any atom is -0.465 e. The molecule has 32 heavy (non-hydrogen) atoms. The number of aryl methyl sites for hydroxylation is 2. The Labute approximate surface area is 184 Å². The normalized spacial score (nSPS) is 24.9. The fraction of sp³-hybridized carbons (Fsp3) is 0.619. The van der Waals surface area contributed by atoms with Gasteiger partial charge in [0, 0.05) is 43.7 Å². The van der Waals surface area contributed by atoms with Gasteiger partial charge in [-0.1, -0.05) is 0 Å². The number of anilines is 2. The fourth-order valence-electron chi connectivity index (χ4n) is 5.14. The Morgan fingerprint density at radius 1 is 1.16 bits per heavy atom. The van der Waals surface area contributed by atoms with Gasteiger partial charge in [0.25, 0.3) is 5.95 Å². The average molecular weight is 447 g/mol. The van der Waals surface area contributed by atoms with E-state index in [9.17, 15) is 18.7 Å². The zero-order chi connectivity index (χ0) is 22.6. The number of rotatable bonds is 4. The van der Waals surface area contributed by atoms with Crippen LogP contribution in [0.25, 0.3) is 5.95 Å². The summed E-state index contributed by atoms with van der Waals surface area (Å²) in [6, 6.07) is 3.70. The minimum absolute atomic E-state index is 0.0541. The van der Waals surface area contributed by atoms with Crippen molar-refractivity contribution >= 4 is 17.7 Å². The second-order valence-corrected chi connectivity index (χ2v) is 9.16. The topological polar surface area (TPSA) is 99.4 Å². The van der Waals surface area contributed by atoms with E-state index in [0.29, 0.717) is 43.5 Å². The molecular formula is C21H27F2N7O2. The molecule has 1 unspecified atom stereocenters. The summed E-state index contributed by atoms with van der Waals surface area (Å²) < 4.78 is 28.8. The van der Waals surface area contributed by atoms with Crippen LogP contribution in [0.5, 0.6) is 0 Å². The highest BCUT2D eigenvalue weighted by Gasteiger charge is 2.46. The number of nitrogens with one attached hydrogen (secondary N) is 1. The molecule has 0 aromatic carbocycles. The van der Waals surface area contributed by atoms with Gasteiger partial charge in [-0.25, -0.2) is 18.3 Å². The average Bonchev–Trinajstić information content (AvgIpc) is 3.43. The molecule has 2 saturated heterocycles. The van der Waals surface area contributed by atoms with E-state index in [2.05, 4.69) is 20.3 Å². The maximum absolute atomic E-state index is 13.6. The molecule has 3 aliphatic rings. The van der Waals surface area contributed by atoms with E-state index in [0.717, 1.165) is 17.8 Å². The molecular weight excluding hydrogens is 420 g/mol. The van der Waals surface area contributed by atoms with E-state index in [1.54, 1.807) is 4.68 Å². The Hall–Kier alpha value is -2.98. The number of hydrogen-bond donors (Lipinski definition) is 2. The van der Waals surface area contributed by atoms with Crippen molar-refractivity contribution in [2.24, 2.45) is 0 Å². The largest absolute Gasteiger partial charge is 0.465 e. The Balaban J connectivity index is 1.44. The Kier molecular flexibility index (Phi) is 4.94. The number of carboxylic acid groups (broad SMARTS) is 1. The van der Waals surface area contributed by atoms with Gasteiger partial charge in [0.05, 0.1) is 17.8 Å². The lowest BCUT2D eigenvalue weighted by Crippen LogP contribution is -2.48. The van der Waals surface area contributed by atoms with E-state index in [1.165, 1.54) is 4.90 Å². The molecule has 9 nitrogen and oxygen atoms in total. The predicted molar refractivity (Wildman–Crippen MR) is 114 cm³/mol. The van der Waals surface area contributed by atoms with Crippen molar-refractivity contribution < 1.29 is 18.7 Å². The molecule has 1 amide bonds. The van der Waals surface area contributed by atoms with Crippen LogP contribution in [0.15, 0.2) is 12.1 Å². The van der Waals surface area contributed by atoms with Crippen LogP contribution in [0.1, 0.15) is 43.5 Å². The highest BCUT2D eigenvalue weighted by Crippen LogP contribution is 2.36. The van der Waals surface area contributed by atoms with E-state index >= 15 is 0 Å². The van der Waals surface area contributed by atoms with Crippen LogP contribution in [-0.2, 0) is 0 Å². The van der Waals surface area contributed by atoms with Gasteiger partial charge in [-0.3, -0.25) is 0 Å². The second-order valence-electron chi connectivity index (χ2n) is 9.16. The number of halogens is 2. The quantitative estimate of drug-likeness (QED) is 0.742. The number of likely N-dealkylation sites (tertiary alicyclic amines) is 1. The molecule has 1 saturated carbocycles. The molecule has 3 fully saturated rings. The molecule has 172 valence electrons. The van der Waals surface area contributed by atoms with Crippen molar-refractivity contribution in [1.29, 1.82) is 0 Å². The number of aromatic nitrogens is 4. The van der Waals surface area contributed by atoms with Crippen LogP contribution in [0.2, 0.25) is 0 Å². The minimum atomic E-state index is -2.59. The summed E-state index contributed by atoms with van der Waals surface area (Å²) in [5.74, 6) is -0.904. The van der Waals surface area contributed by atoms with Crippen molar-refractivity contribution in [2.45, 2.75) is 70.0 Å². The SMILES string of the molecule is Cc1cc(C)n(-c2nc(NC3CCC(F)(F)CC3)cc(N3C[C@H]4CC3CN4C(=O)O)n2)n1. The molecule has 2 aromatic heterocycles. The summed E-state index contributed by atoms with van der Waals surface area (Å²) >= 11 is 0. The summed E-state index contributed by atoms with van der Waals surface area (Å²) in [6.45, 7) is 4.84. The lowest BCUT2D eigenvalue weighted by molar-refractivity contribution is -0.0361. The first kappa shape index (κ1) is 20.9. The van der Waals surface area contributed by atoms with Gasteiger partial charge in [-0.05, 0) is 39.2 Å². The van der Waals surface area contributed by atoms with E-state index < -0.39 is 12.0 Å². The smallest absolute Gasteiger partial charge is 0.407 e. The maximum Gasteiger partial charge on any atom is 0.407 e. The van der Waals surface area contributed by atoms with Crippen molar-refractivity contribution in [1.82, 2.24) is 24.6 Å². The second kappa shape index (κ2) is 7.56. The first-order valence-corrected chi connectivity index (χ1v) is 11.0. The number of carbonyl (C=O) groups is 1. The Bertz CT molecular complexity index is 1030. The summed E-state index contributed by atoms with van der Waals surface area (Å²) in [4.78, 5) is 24.5. The standard InChI is InChI=1S/C21H27F2N7O2/c1-12-7-13(2)30(27-12)19-25-17(24-14-3-5-21(22,23)6-4-14)9-18(26-19)28-10-16-8-15(28)11-29(16)20(31)32/h7,9,14-16H,3-6,8,10-11H2,1-2H3,(H,31,32)(H,24,25,26)/t15?,16-/m1/s1. The van der Waals surface area contributed by atoms with E-state index in [-0.39, 0.29) is 31.0 Å².